The number of para-hydroxylation sites is 1. The van der Waals surface area contributed by atoms with Gasteiger partial charge in [-0.1, -0.05) is 19.1 Å². The summed E-state index contributed by atoms with van der Waals surface area (Å²) in [5, 5.41) is 2.82. The third-order valence-electron chi connectivity index (χ3n) is 4.66. The SMILES string of the molecule is CCOC(=O)c1ccccc1NC(=O)c1ccnc(N2CCCC(C)C2)c1. The molecule has 0 saturated carbocycles. The molecule has 1 aliphatic heterocycles. The number of carbonyl (C=O) groups is 2. The molecule has 2 heterocycles. The summed E-state index contributed by atoms with van der Waals surface area (Å²) in [6.07, 6.45) is 4.01. The summed E-state index contributed by atoms with van der Waals surface area (Å²) in [6.45, 7) is 6.16. The highest BCUT2D eigenvalue weighted by Gasteiger charge is 2.19. The third-order valence-corrected chi connectivity index (χ3v) is 4.66. The van der Waals surface area contributed by atoms with Crippen LogP contribution in [0.5, 0.6) is 0 Å². The molecule has 0 bridgehead atoms. The van der Waals surface area contributed by atoms with Crippen LogP contribution in [0.3, 0.4) is 0 Å². The van der Waals surface area contributed by atoms with Crippen LogP contribution >= 0.6 is 0 Å². The number of carbonyl (C=O) groups excluding carboxylic acids is 2. The lowest BCUT2D eigenvalue weighted by Crippen LogP contribution is -2.34. The first kappa shape index (κ1) is 18.9. The number of hydrogen-bond acceptors (Lipinski definition) is 5. The van der Waals surface area contributed by atoms with Crippen LogP contribution in [-0.2, 0) is 4.74 Å². The van der Waals surface area contributed by atoms with Gasteiger partial charge in [-0.2, -0.15) is 0 Å². The second kappa shape index (κ2) is 8.66. The normalized spacial score (nSPS) is 16.7. The van der Waals surface area contributed by atoms with E-state index in [0.29, 0.717) is 22.7 Å². The molecule has 1 aromatic carbocycles. The zero-order valence-corrected chi connectivity index (χ0v) is 15.8. The van der Waals surface area contributed by atoms with E-state index in [0.717, 1.165) is 25.3 Å². The molecule has 1 saturated heterocycles. The number of hydrogen-bond donors (Lipinski definition) is 1. The number of piperidine rings is 1. The summed E-state index contributed by atoms with van der Waals surface area (Å²) in [7, 11) is 0. The zero-order valence-electron chi connectivity index (χ0n) is 15.8. The third kappa shape index (κ3) is 4.64. The predicted molar refractivity (Wildman–Crippen MR) is 105 cm³/mol. The molecule has 0 aliphatic carbocycles. The quantitative estimate of drug-likeness (QED) is 0.815. The van der Waals surface area contributed by atoms with Gasteiger partial charge in [0.05, 0.1) is 17.9 Å². The Bertz CT molecular complexity index is 822. The highest BCUT2D eigenvalue weighted by molar-refractivity contribution is 6.08. The van der Waals surface area contributed by atoms with Gasteiger partial charge in [-0.15, -0.1) is 0 Å². The van der Waals surface area contributed by atoms with Crippen molar-refractivity contribution in [2.45, 2.75) is 26.7 Å². The van der Waals surface area contributed by atoms with E-state index in [2.05, 4.69) is 22.1 Å². The maximum atomic E-state index is 12.7. The van der Waals surface area contributed by atoms with Gasteiger partial charge in [0.15, 0.2) is 0 Å². The monoisotopic (exact) mass is 367 g/mol. The minimum Gasteiger partial charge on any atom is -0.462 e. The van der Waals surface area contributed by atoms with Crippen molar-refractivity contribution < 1.29 is 14.3 Å². The van der Waals surface area contributed by atoms with E-state index in [-0.39, 0.29) is 12.5 Å². The second-order valence-electron chi connectivity index (χ2n) is 6.82. The summed E-state index contributed by atoms with van der Waals surface area (Å²) >= 11 is 0. The summed E-state index contributed by atoms with van der Waals surface area (Å²) in [5.74, 6) is 0.703. The number of aromatic nitrogens is 1. The Hall–Kier alpha value is -2.89. The van der Waals surface area contributed by atoms with Crippen molar-refractivity contribution in [2.75, 3.05) is 29.9 Å². The average molecular weight is 367 g/mol. The topological polar surface area (TPSA) is 71.5 Å². The fraction of sp³-hybridized carbons (Fsp3) is 0.381. The van der Waals surface area contributed by atoms with Gasteiger partial charge in [-0.05, 0) is 49.9 Å². The van der Waals surface area contributed by atoms with Crippen molar-refractivity contribution in [1.82, 2.24) is 4.98 Å². The van der Waals surface area contributed by atoms with E-state index in [4.69, 9.17) is 4.74 Å². The number of esters is 1. The number of amides is 1. The van der Waals surface area contributed by atoms with Crippen LogP contribution < -0.4 is 10.2 Å². The van der Waals surface area contributed by atoms with Crippen LogP contribution in [-0.4, -0.2) is 36.6 Å². The van der Waals surface area contributed by atoms with Gasteiger partial charge in [0.1, 0.15) is 5.82 Å². The van der Waals surface area contributed by atoms with Crippen LogP contribution in [0.25, 0.3) is 0 Å². The molecule has 1 fully saturated rings. The van der Waals surface area contributed by atoms with Gasteiger partial charge in [-0.25, -0.2) is 9.78 Å². The Balaban J connectivity index is 1.77. The molecule has 1 aliphatic rings. The molecule has 1 aromatic heterocycles. The first-order chi connectivity index (χ1) is 13.1. The van der Waals surface area contributed by atoms with Crippen LogP contribution in [0, 0.1) is 5.92 Å². The average Bonchev–Trinajstić information content (AvgIpc) is 2.68. The van der Waals surface area contributed by atoms with E-state index in [1.807, 2.05) is 0 Å². The second-order valence-corrected chi connectivity index (χ2v) is 6.82. The highest BCUT2D eigenvalue weighted by Crippen LogP contribution is 2.23. The van der Waals surface area contributed by atoms with Gasteiger partial charge in [0.25, 0.3) is 5.91 Å². The molecule has 2 aromatic rings. The lowest BCUT2D eigenvalue weighted by atomic mass is 10.0. The standard InChI is InChI=1S/C21H25N3O3/c1-3-27-21(26)17-8-4-5-9-18(17)23-20(25)16-10-11-22-19(13-16)24-12-6-7-15(2)14-24/h4-5,8-11,13,15H,3,6-7,12,14H2,1-2H3,(H,23,25). The van der Waals surface area contributed by atoms with Crippen LogP contribution in [0.15, 0.2) is 42.6 Å². The van der Waals surface area contributed by atoms with Crippen molar-refractivity contribution in [3.8, 4) is 0 Å². The molecule has 6 nitrogen and oxygen atoms in total. The van der Waals surface area contributed by atoms with Crippen LogP contribution in [0.2, 0.25) is 0 Å². The minimum absolute atomic E-state index is 0.277. The minimum atomic E-state index is -0.453. The molecule has 3 rings (SSSR count). The maximum absolute atomic E-state index is 12.7. The zero-order chi connectivity index (χ0) is 19.2. The number of benzene rings is 1. The Morgan fingerprint density at radius 3 is 2.89 bits per heavy atom. The van der Waals surface area contributed by atoms with Crippen molar-refractivity contribution in [3.63, 3.8) is 0 Å². The molecule has 1 amide bonds. The molecule has 0 radical (unpaired) electrons. The van der Waals surface area contributed by atoms with Crippen molar-refractivity contribution in [2.24, 2.45) is 5.92 Å². The maximum Gasteiger partial charge on any atom is 0.340 e. The van der Waals surface area contributed by atoms with E-state index >= 15 is 0 Å². The van der Waals surface area contributed by atoms with Crippen molar-refractivity contribution in [1.29, 1.82) is 0 Å². The lowest BCUT2D eigenvalue weighted by Gasteiger charge is -2.31. The van der Waals surface area contributed by atoms with Gasteiger partial charge in [0.2, 0.25) is 0 Å². The number of nitrogens with zero attached hydrogens (tertiary/aromatic N) is 2. The van der Waals surface area contributed by atoms with Crippen molar-refractivity contribution in [3.05, 3.63) is 53.7 Å². The smallest absolute Gasteiger partial charge is 0.340 e. The van der Waals surface area contributed by atoms with Crippen LogP contribution in [0.4, 0.5) is 11.5 Å². The molecule has 1 atom stereocenters. The van der Waals surface area contributed by atoms with Gasteiger partial charge in [-0.3, -0.25) is 4.79 Å². The van der Waals surface area contributed by atoms with Gasteiger partial charge >= 0.3 is 5.97 Å². The highest BCUT2D eigenvalue weighted by atomic mass is 16.5. The van der Waals surface area contributed by atoms with Gasteiger partial charge < -0.3 is 15.0 Å². The van der Waals surface area contributed by atoms with Crippen molar-refractivity contribution >= 4 is 23.4 Å². The molecule has 1 unspecified atom stereocenters. The first-order valence-electron chi connectivity index (χ1n) is 9.37. The molecule has 1 N–H and O–H groups in total. The summed E-state index contributed by atoms with van der Waals surface area (Å²) in [4.78, 5) is 31.5. The van der Waals surface area contributed by atoms with E-state index in [1.54, 1.807) is 49.5 Å². The molecule has 27 heavy (non-hydrogen) atoms. The Kier molecular flexibility index (Phi) is 6.06. The number of anilines is 2. The molecular formula is C21H25N3O3. The fourth-order valence-electron chi connectivity index (χ4n) is 3.30. The Labute approximate surface area is 159 Å². The molecular weight excluding hydrogens is 342 g/mol. The van der Waals surface area contributed by atoms with Crippen LogP contribution in [0.1, 0.15) is 47.4 Å². The first-order valence-corrected chi connectivity index (χ1v) is 9.37. The summed E-state index contributed by atoms with van der Waals surface area (Å²) < 4.78 is 5.06. The summed E-state index contributed by atoms with van der Waals surface area (Å²) in [5.41, 5.74) is 1.29. The number of nitrogens with one attached hydrogen (secondary N) is 1. The molecule has 142 valence electrons. The lowest BCUT2D eigenvalue weighted by molar-refractivity contribution is 0.0527. The molecule has 0 spiro atoms. The van der Waals surface area contributed by atoms with E-state index in [1.165, 1.54) is 6.42 Å². The van der Waals surface area contributed by atoms with E-state index in [9.17, 15) is 9.59 Å². The Morgan fingerprint density at radius 1 is 1.30 bits per heavy atom. The van der Waals surface area contributed by atoms with Gasteiger partial charge in [0, 0.05) is 24.8 Å². The van der Waals surface area contributed by atoms with E-state index < -0.39 is 5.97 Å². The largest absolute Gasteiger partial charge is 0.462 e. The molecule has 6 heteroatoms. The fourth-order valence-corrected chi connectivity index (χ4v) is 3.30. The number of rotatable bonds is 5. The predicted octanol–water partition coefficient (Wildman–Crippen LogP) is 3.75. The number of pyridine rings is 1. The Morgan fingerprint density at radius 2 is 2.11 bits per heavy atom. The summed E-state index contributed by atoms with van der Waals surface area (Å²) in [6, 6.07) is 10.3. The number of ether oxygens (including phenoxy) is 1.